The summed E-state index contributed by atoms with van der Waals surface area (Å²) in [5.74, 6) is 0.359. The zero-order valence-corrected chi connectivity index (χ0v) is 13.8. The number of rotatable bonds is 4. The summed E-state index contributed by atoms with van der Waals surface area (Å²) in [7, 11) is 0.420. The number of benzene rings is 1. The van der Waals surface area contributed by atoms with Gasteiger partial charge in [0, 0.05) is 19.6 Å². The second kappa shape index (κ2) is 6.20. The quantitative estimate of drug-likeness (QED) is 0.848. The first-order chi connectivity index (χ1) is 9.32. The van der Waals surface area contributed by atoms with Crippen molar-refractivity contribution in [3.63, 3.8) is 0 Å². The van der Waals surface area contributed by atoms with Crippen LogP contribution in [0.15, 0.2) is 23.1 Å². The highest BCUT2D eigenvalue weighted by Gasteiger charge is 2.34. The van der Waals surface area contributed by atoms with E-state index < -0.39 is 10.0 Å². The van der Waals surface area contributed by atoms with Crippen LogP contribution in [0.3, 0.4) is 0 Å². The molecule has 0 spiro atoms. The normalized spacial score (nSPS) is 20.8. The Labute approximate surface area is 130 Å². The van der Waals surface area contributed by atoms with Crippen molar-refractivity contribution >= 4 is 33.2 Å². The molecular formula is C13H18Cl2N2O2S. The Hall–Kier alpha value is -0.330. The molecule has 0 aliphatic carbocycles. The van der Waals surface area contributed by atoms with Gasteiger partial charge < -0.3 is 4.90 Å². The highest BCUT2D eigenvalue weighted by molar-refractivity contribution is 7.89. The number of hydrogen-bond acceptors (Lipinski definition) is 3. The predicted octanol–water partition coefficient (Wildman–Crippen LogP) is 2.57. The fourth-order valence-corrected chi connectivity index (χ4v) is 4.77. The molecule has 1 aromatic rings. The van der Waals surface area contributed by atoms with Crippen molar-refractivity contribution in [1.82, 2.24) is 9.21 Å². The summed E-state index contributed by atoms with van der Waals surface area (Å²) in [6, 6.07) is 4.69. The maximum Gasteiger partial charge on any atom is 0.244 e. The molecular weight excluding hydrogens is 319 g/mol. The van der Waals surface area contributed by atoms with Crippen LogP contribution in [0.25, 0.3) is 0 Å². The van der Waals surface area contributed by atoms with Gasteiger partial charge >= 0.3 is 0 Å². The van der Waals surface area contributed by atoms with Crippen molar-refractivity contribution in [2.45, 2.75) is 11.3 Å². The minimum Gasteiger partial charge on any atom is -0.309 e. The van der Waals surface area contributed by atoms with Crippen LogP contribution in [0, 0.1) is 5.92 Å². The fourth-order valence-electron chi connectivity index (χ4n) is 2.50. The Balaban J connectivity index is 2.22. The first kappa shape index (κ1) is 16.0. The van der Waals surface area contributed by atoms with Crippen molar-refractivity contribution in [3.8, 4) is 0 Å². The first-order valence-corrected chi connectivity index (χ1v) is 8.61. The molecule has 1 aliphatic rings. The van der Waals surface area contributed by atoms with E-state index in [-0.39, 0.29) is 14.9 Å². The molecule has 1 fully saturated rings. The number of nitrogens with zero attached hydrogens (tertiary/aromatic N) is 2. The third-order valence-corrected chi connectivity index (χ3v) is 6.24. The van der Waals surface area contributed by atoms with Gasteiger partial charge in [0.05, 0.1) is 10.0 Å². The maximum absolute atomic E-state index is 12.6. The fraction of sp³-hybridized carbons (Fsp3) is 0.538. The molecule has 0 unspecified atom stereocenters. The second-order valence-corrected chi connectivity index (χ2v) is 8.02. The molecule has 0 radical (unpaired) electrons. The Morgan fingerprint density at radius 3 is 2.70 bits per heavy atom. The third-order valence-electron chi connectivity index (χ3n) is 3.41. The highest BCUT2D eigenvalue weighted by atomic mass is 35.5. The van der Waals surface area contributed by atoms with E-state index in [1.165, 1.54) is 10.4 Å². The molecule has 1 atom stereocenters. The van der Waals surface area contributed by atoms with E-state index in [2.05, 4.69) is 4.90 Å². The molecule has 1 aromatic carbocycles. The largest absolute Gasteiger partial charge is 0.309 e. The molecule has 0 N–H and O–H groups in total. The topological polar surface area (TPSA) is 40.6 Å². The van der Waals surface area contributed by atoms with Crippen LogP contribution in [0.4, 0.5) is 0 Å². The SMILES string of the molecule is CN(C)C[C@H]1CCN(S(=O)(=O)c2cccc(Cl)c2Cl)C1. The summed E-state index contributed by atoms with van der Waals surface area (Å²) in [5.41, 5.74) is 0. The summed E-state index contributed by atoms with van der Waals surface area (Å²) in [5, 5.41) is 0.363. The van der Waals surface area contributed by atoms with Gasteiger partial charge in [0.15, 0.2) is 0 Å². The molecule has 1 aliphatic heterocycles. The van der Waals surface area contributed by atoms with Gasteiger partial charge in [0.1, 0.15) is 4.90 Å². The average Bonchev–Trinajstić information content (AvgIpc) is 2.80. The number of halogens is 2. The van der Waals surface area contributed by atoms with Crippen LogP contribution in [-0.2, 0) is 10.0 Å². The van der Waals surface area contributed by atoms with Gasteiger partial charge in [0.25, 0.3) is 0 Å². The Morgan fingerprint density at radius 1 is 1.35 bits per heavy atom. The molecule has 0 saturated carbocycles. The van der Waals surface area contributed by atoms with E-state index in [9.17, 15) is 8.42 Å². The number of sulfonamides is 1. The smallest absolute Gasteiger partial charge is 0.244 e. The molecule has 4 nitrogen and oxygen atoms in total. The van der Waals surface area contributed by atoms with E-state index in [1.54, 1.807) is 12.1 Å². The molecule has 2 rings (SSSR count). The molecule has 112 valence electrons. The molecule has 1 heterocycles. The van der Waals surface area contributed by atoms with Gasteiger partial charge in [-0.1, -0.05) is 29.3 Å². The molecule has 1 saturated heterocycles. The van der Waals surface area contributed by atoms with Crippen molar-refractivity contribution in [3.05, 3.63) is 28.2 Å². The summed E-state index contributed by atoms with van der Waals surface area (Å²) in [6.45, 7) is 1.95. The number of hydrogen-bond donors (Lipinski definition) is 0. The molecule has 7 heteroatoms. The Bertz CT molecular complexity index is 590. The van der Waals surface area contributed by atoms with Gasteiger partial charge in [-0.25, -0.2) is 8.42 Å². The summed E-state index contributed by atoms with van der Waals surface area (Å²) in [4.78, 5) is 2.17. The Morgan fingerprint density at radius 2 is 2.05 bits per heavy atom. The van der Waals surface area contributed by atoms with Gasteiger partial charge in [0.2, 0.25) is 10.0 Å². The molecule has 20 heavy (non-hydrogen) atoms. The predicted molar refractivity (Wildman–Crippen MR) is 81.9 cm³/mol. The average molecular weight is 337 g/mol. The van der Waals surface area contributed by atoms with Gasteiger partial charge in [-0.3, -0.25) is 0 Å². The Kier molecular flexibility index (Phi) is 4.97. The van der Waals surface area contributed by atoms with Gasteiger partial charge in [-0.05, 0) is 38.6 Å². The van der Waals surface area contributed by atoms with Crippen LogP contribution < -0.4 is 0 Å². The first-order valence-electron chi connectivity index (χ1n) is 6.41. The minimum atomic E-state index is -3.56. The lowest BCUT2D eigenvalue weighted by Gasteiger charge is -2.19. The monoisotopic (exact) mass is 336 g/mol. The standard InChI is InChI=1S/C13H18Cl2N2O2S/c1-16(2)8-10-6-7-17(9-10)20(18,19)12-5-3-4-11(14)13(12)15/h3-5,10H,6-9H2,1-2H3/t10-/m1/s1. The summed E-state index contributed by atoms with van der Waals surface area (Å²) < 4.78 is 26.7. The zero-order valence-electron chi connectivity index (χ0n) is 11.5. The van der Waals surface area contributed by atoms with E-state index in [1.807, 2.05) is 14.1 Å². The molecule has 0 aromatic heterocycles. The van der Waals surface area contributed by atoms with E-state index in [0.717, 1.165) is 13.0 Å². The molecule has 0 amide bonds. The summed E-state index contributed by atoms with van der Waals surface area (Å²) in [6.07, 6.45) is 0.871. The van der Waals surface area contributed by atoms with Crippen molar-refractivity contribution in [2.24, 2.45) is 5.92 Å². The molecule has 0 bridgehead atoms. The van der Waals surface area contributed by atoms with Gasteiger partial charge in [-0.15, -0.1) is 0 Å². The zero-order chi connectivity index (χ0) is 14.9. The van der Waals surface area contributed by atoms with Crippen LogP contribution in [0.2, 0.25) is 10.0 Å². The lowest BCUT2D eigenvalue weighted by atomic mass is 10.1. The van der Waals surface area contributed by atoms with E-state index in [0.29, 0.717) is 19.0 Å². The van der Waals surface area contributed by atoms with Gasteiger partial charge in [-0.2, -0.15) is 4.31 Å². The minimum absolute atomic E-state index is 0.0946. The third kappa shape index (κ3) is 3.28. The lowest BCUT2D eigenvalue weighted by molar-refractivity contribution is 0.329. The highest BCUT2D eigenvalue weighted by Crippen LogP contribution is 2.33. The van der Waals surface area contributed by atoms with E-state index in [4.69, 9.17) is 23.2 Å². The van der Waals surface area contributed by atoms with Crippen molar-refractivity contribution < 1.29 is 8.42 Å². The van der Waals surface area contributed by atoms with Crippen LogP contribution in [0.1, 0.15) is 6.42 Å². The van der Waals surface area contributed by atoms with Crippen molar-refractivity contribution in [1.29, 1.82) is 0 Å². The summed E-state index contributed by atoms with van der Waals surface area (Å²) >= 11 is 11.9. The van der Waals surface area contributed by atoms with Crippen LogP contribution >= 0.6 is 23.2 Å². The van der Waals surface area contributed by atoms with Crippen LogP contribution in [-0.4, -0.2) is 51.4 Å². The van der Waals surface area contributed by atoms with Crippen LogP contribution in [0.5, 0.6) is 0 Å². The lowest BCUT2D eigenvalue weighted by Crippen LogP contribution is -2.31. The van der Waals surface area contributed by atoms with Crippen molar-refractivity contribution in [2.75, 3.05) is 33.7 Å². The maximum atomic E-state index is 12.6. The second-order valence-electron chi connectivity index (χ2n) is 5.33. The van der Waals surface area contributed by atoms with E-state index >= 15 is 0 Å².